The molecule has 4 nitrogen and oxygen atoms in total. The van der Waals surface area contributed by atoms with Crippen LogP contribution >= 0.6 is 11.3 Å². The summed E-state index contributed by atoms with van der Waals surface area (Å²) < 4.78 is 0. The maximum Gasteiger partial charge on any atom is 0.227 e. The largest absolute Gasteiger partial charge is 0.492 e. The zero-order valence-corrected chi connectivity index (χ0v) is 10.9. The molecule has 2 rings (SSSR count). The Morgan fingerprint density at radius 3 is 2.76 bits per heavy atom. The molecule has 0 fully saturated rings. The van der Waals surface area contributed by atoms with Gasteiger partial charge in [0.25, 0.3) is 0 Å². The van der Waals surface area contributed by atoms with Gasteiger partial charge in [0.05, 0.1) is 4.88 Å². The third-order valence-corrected chi connectivity index (χ3v) is 3.65. The zero-order valence-electron chi connectivity index (χ0n) is 10.1. The van der Waals surface area contributed by atoms with E-state index in [1.54, 1.807) is 6.20 Å². The molecule has 0 radical (unpaired) electrons. The van der Waals surface area contributed by atoms with E-state index in [4.69, 9.17) is 0 Å². The van der Waals surface area contributed by atoms with Crippen LogP contribution in [0.2, 0.25) is 0 Å². The minimum absolute atomic E-state index is 0.112. The summed E-state index contributed by atoms with van der Waals surface area (Å²) in [6, 6.07) is 3.87. The minimum Gasteiger partial charge on any atom is -0.492 e. The third-order valence-electron chi connectivity index (χ3n) is 2.39. The second-order valence-electron chi connectivity index (χ2n) is 4.16. The van der Waals surface area contributed by atoms with E-state index in [0.717, 1.165) is 16.3 Å². The first-order valence-corrected chi connectivity index (χ1v) is 6.28. The molecule has 0 atom stereocenters. The summed E-state index contributed by atoms with van der Waals surface area (Å²) in [7, 11) is 0. The van der Waals surface area contributed by atoms with Gasteiger partial charge in [0.2, 0.25) is 5.88 Å². The van der Waals surface area contributed by atoms with Crippen molar-refractivity contribution >= 4 is 22.3 Å². The zero-order chi connectivity index (χ0) is 12.4. The van der Waals surface area contributed by atoms with E-state index in [0.29, 0.717) is 5.13 Å². The Labute approximate surface area is 104 Å². The Morgan fingerprint density at radius 2 is 2.18 bits per heavy atom. The van der Waals surface area contributed by atoms with Crippen molar-refractivity contribution in [3.05, 3.63) is 28.8 Å². The predicted molar refractivity (Wildman–Crippen MR) is 70.1 cm³/mol. The molecule has 0 aliphatic carbocycles. The Kier molecular flexibility index (Phi) is 3.28. The lowest BCUT2D eigenvalue weighted by molar-refractivity contribution is 0.449. The normalized spacial score (nSPS) is 10.8. The van der Waals surface area contributed by atoms with Gasteiger partial charge in [-0.1, -0.05) is 31.3 Å². The molecule has 0 aromatic carbocycles. The van der Waals surface area contributed by atoms with Crippen LogP contribution in [0.3, 0.4) is 0 Å². The van der Waals surface area contributed by atoms with Crippen molar-refractivity contribution in [2.45, 2.75) is 26.7 Å². The fourth-order valence-corrected chi connectivity index (χ4v) is 2.33. The Hall–Kier alpha value is -1.62. The number of nitrogens with zero attached hydrogens (tertiary/aromatic N) is 2. The molecule has 0 saturated heterocycles. The number of aryl methyl sites for hydroxylation is 1. The second kappa shape index (κ2) is 4.71. The molecule has 5 heteroatoms. The maximum absolute atomic E-state index is 9.69. The molecule has 17 heavy (non-hydrogen) atoms. The number of pyridine rings is 1. The topological polar surface area (TPSA) is 58.0 Å². The van der Waals surface area contributed by atoms with Gasteiger partial charge in [-0.3, -0.25) is 0 Å². The average molecular weight is 249 g/mol. The van der Waals surface area contributed by atoms with E-state index >= 15 is 0 Å². The maximum atomic E-state index is 9.69. The summed E-state index contributed by atoms with van der Waals surface area (Å²) >= 11 is 1.46. The number of aromatic nitrogens is 2. The molecule has 0 aliphatic heterocycles. The molecule has 0 bridgehead atoms. The fraction of sp³-hybridized carbons (Fsp3) is 0.333. The standard InChI is InChI=1S/C12H15N3OS/c1-7(2)9-11(16)15-12(17-9)14-10-8(3)5-4-6-13-10/h4-7,16H,1-3H3,(H,13,14,15). The first kappa shape index (κ1) is 11.9. The van der Waals surface area contributed by atoms with Crippen molar-refractivity contribution in [3.63, 3.8) is 0 Å². The van der Waals surface area contributed by atoms with E-state index in [1.165, 1.54) is 11.3 Å². The van der Waals surface area contributed by atoms with Crippen LogP contribution in [0.4, 0.5) is 10.9 Å². The number of aromatic hydroxyl groups is 1. The molecule has 0 amide bonds. The van der Waals surface area contributed by atoms with Crippen LogP contribution in [-0.2, 0) is 0 Å². The lowest BCUT2D eigenvalue weighted by Crippen LogP contribution is -1.94. The van der Waals surface area contributed by atoms with Crippen molar-refractivity contribution in [2.24, 2.45) is 0 Å². The number of hydrogen-bond acceptors (Lipinski definition) is 5. The highest BCUT2D eigenvalue weighted by atomic mass is 32.1. The third kappa shape index (κ3) is 2.55. The van der Waals surface area contributed by atoms with Crippen LogP contribution in [0.5, 0.6) is 5.88 Å². The van der Waals surface area contributed by atoms with E-state index in [2.05, 4.69) is 15.3 Å². The van der Waals surface area contributed by atoms with Crippen LogP contribution in [-0.4, -0.2) is 15.1 Å². The van der Waals surface area contributed by atoms with Crippen molar-refractivity contribution in [3.8, 4) is 5.88 Å². The molecular formula is C12H15N3OS. The van der Waals surface area contributed by atoms with E-state index in [9.17, 15) is 5.11 Å². The number of nitrogens with one attached hydrogen (secondary N) is 1. The summed E-state index contributed by atoms with van der Waals surface area (Å²) in [5.41, 5.74) is 1.05. The molecule has 0 saturated carbocycles. The highest BCUT2D eigenvalue weighted by Gasteiger charge is 2.13. The molecule has 90 valence electrons. The molecule has 0 aliphatic rings. The van der Waals surface area contributed by atoms with Crippen LogP contribution in [0.25, 0.3) is 0 Å². The van der Waals surface area contributed by atoms with Crippen LogP contribution in [0.1, 0.15) is 30.2 Å². The van der Waals surface area contributed by atoms with Crippen molar-refractivity contribution in [1.29, 1.82) is 0 Å². The Balaban J connectivity index is 2.25. The summed E-state index contributed by atoms with van der Waals surface area (Å²) in [5, 5.41) is 13.5. The SMILES string of the molecule is Cc1cccnc1Nc1nc(O)c(C(C)C)s1. The molecular weight excluding hydrogens is 234 g/mol. The Morgan fingerprint density at radius 1 is 1.41 bits per heavy atom. The van der Waals surface area contributed by atoms with Crippen LogP contribution in [0.15, 0.2) is 18.3 Å². The van der Waals surface area contributed by atoms with Gasteiger partial charge in [-0.25, -0.2) is 4.98 Å². The summed E-state index contributed by atoms with van der Waals surface area (Å²) in [5.74, 6) is 1.16. The smallest absolute Gasteiger partial charge is 0.227 e. The fourth-order valence-electron chi connectivity index (χ4n) is 1.47. The van der Waals surface area contributed by atoms with Gasteiger partial charge in [0.1, 0.15) is 5.82 Å². The lowest BCUT2D eigenvalue weighted by atomic mass is 10.2. The Bertz CT molecular complexity index is 522. The second-order valence-corrected chi connectivity index (χ2v) is 5.19. The number of anilines is 2. The van der Waals surface area contributed by atoms with E-state index in [1.807, 2.05) is 32.9 Å². The molecule has 2 N–H and O–H groups in total. The summed E-state index contributed by atoms with van der Waals surface area (Å²) in [6.07, 6.45) is 1.73. The van der Waals surface area contributed by atoms with Crippen molar-refractivity contribution in [2.75, 3.05) is 5.32 Å². The molecule has 0 unspecified atom stereocenters. The molecule has 2 aromatic heterocycles. The molecule has 2 heterocycles. The lowest BCUT2D eigenvalue weighted by Gasteiger charge is -2.03. The predicted octanol–water partition coefficient (Wildman–Crippen LogP) is 3.42. The van der Waals surface area contributed by atoms with Gasteiger partial charge >= 0.3 is 0 Å². The average Bonchev–Trinajstić information content (AvgIpc) is 2.63. The van der Waals surface area contributed by atoms with Gasteiger partial charge in [-0.2, -0.15) is 4.98 Å². The number of hydrogen-bond donors (Lipinski definition) is 2. The summed E-state index contributed by atoms with van der Waals surface area (Å²) in [6.45, 7) is 6.04. The van der Waals surface area contributed by atoms with Crippen molar-refractivity contribution < 1.29 is 5.11 Å². The highest BCUT2D eigenvalue weighted by molar-refractivity contribution is 7.16. The van der Waals surface area contributed by atoms with Crippen LogP contribution < -0.4 is 5.32 Å². The van der Waals surface area contributed by atoms with Crippen LogP contribution in [0, 0.1) is 6.92 Å². The highest BCUT2D eigenvalue weighted by Crippen LogP contribution is 2.35. The first-order valence-electron chi connectivity index (χ1n) is 5.46. The van der Waals surface area contributed by atoms with E-state index in [-0.39, 0.29) is 11.8 Å². The molecule has 0 spiro atoms. The number of rotatable bonds is 3. The minimum atomic E-state index is 0.112. The van der Waals surface area contributed by atoms with E-state index < -0.39 is 0 Å². The monoisotopic (exact) mass is 249 g/mol. The molecule has 2 aromatic rings. The quantitative estimate of drug-likeness (QED) is 0.875. The van der Waals surface area contributed by atoms with Gasteiger partial charge < -0.3 is 10.4 Å². The first-order chi connectivity index (χ1) is 8.08. The summed E-state index contributed by atoms with van der Waals surface area (Å²) in [4.78, 5) is 9.21. The van der Waals surface area contributed by atoms with Gasteiger partial charge in [-0.15, -0.1) is 0 Å². The van der Waals surface area contributed by atoms with Gasteiger partial charge in [0, 0.05) is 6.20 Å². The number of thiazole rings is 1. The van der Waals surface area contributed by atoms with Crippen molar-refractivity contribution in [1.82, 2.24) is 9.97 Å². The van der Waals surface area contributed by atoms with Gasteiger partial charge in [-0.05, 0) is 24.5 Å². The van der Waals surface area contributed by atoms with Gasteiger partial charge in [0.15, 0.2) is 5.13 Å².